The van der Waals surface area contributed by atoms with Crippen molar-refractivity contribution in [1.29, 1.82) is 0 Å². The van der Waals surface area contributed by atoms with Crippen LogP contribution in [-0.4, -0.2) is 36.1 Å². The van der Waals surface area contributed by atoms with Crippen LogP contribution in [0.25, 0.3) is 11.1 Å². The van der Waals surface area contributed by atoms with Gasteiger partial charge in [0.2, 0.25) is 11.8 Å². The lowest BCUT2D eigenvalue weighted by molar-refractivity contribution is 0.277. The number of nitrogens with zero attached hydrogens (tertiary/aromatic N) is 2. The van der Waals surface area contributed by atoms with Gasteiger partial charge in [0.25, 0.3) is 0 Å². The minimum Gasteiger partial charge on any atom is -0.489 e. The van der Waals surface area contributed by atoms with Gasteiger partial charge in [0.1, 0.15) is 25.6 Å². The third-order valence-corrected chi connectivity index (χ3v) is 8.56. The predicted octanol–water partition coefficient (Wildman–Crippen LogP) is 8.87. The number of hydrogen-bond acceptors (Lipinski definition) is 5. The van der Waals surface area contributed by atoms with Gasteiger partial charge in [0.15, 0.2) is 0 Å². The van der Waals surface area contributed by atoms with Gasteiger partial charge in [-0.1, -0.05) is 74.6 Å². The Morgan fingerprint density at radius 2 is 1.24 bits per heavy atom. The van der Waals surface area contributed by atoms with Crippen molar-refractivity contribution < 1.29 is 14.2 Å². The van der Waals surface area contributed by atoms with Gasteiger partial charge < -0.3 is 14.2 Å². The molecule has 0 atom stereocenters. The molecule has 1 saturated carbocycles. The molecule has 0 N–H and O–H groups in total. The highest BCUT2D eigenvalue weighted by Gasteiger charge is 2.32. The Hall–Kier alpha value is -3.60. The lowest BCUT2D eigenvalue weighted by atomic mass is 9.86. The second-order valence-electron chi connectivity index (χ2n) is 13.4. The summed E-state index contributed by atoms with van der Waals surface area (Å²) in [7, 11) is 0. The molecule has 3 aromatic rings. The highest BCUT2D eigenvalue weighted by atomic mass is 16.5. The van der Waals surface area contributed by atoms with E-state index in [-0.39, 0.29) is 11.1 Å². The van der Waals surface area contributed by atoms with E-state index in [1.807, 2.05) is 12.1 Å². The fraction of sp³-hybridized carbons (Fsp3) is 0.459. The summed E-state index contributed by atoms with van der Waals surface area (Å²) in [5.41, 5.74) is 6.21. The normalized spacial score (nSPS) is 20.1. The van der Waals surface area contributed by atoms with Crippen LogP contribution in [0.5, 0.6) is 5.75 Å². The second kappa shape index (κ2) is 11.9. The summed E-state index contributed by atoms with van der Waals surface area (Å²) in [4.78, 5) is 9.69. The fourth-order valence-corrected chi connectivity index (χ4v) is 6.12. The summed E-state index contributed by atoms with van der Waals surface area (Å²) < 4.78 is 18.2. The average Bonchev–Trinajstić information content (AvgIpc) is 3.52. The van der Waals surface area contributed by atoms with E-state index in [2.05, 4.69) is 82.3 Å². The largest absolute Gasteiger partial charge is 0.489 e. The van der Waals surface area contributed by atoms with Gasteiger partial charge >= 0.3 is 0 Å². The first-order valence-corrected chi connectivity index (χ1v) is 15.7. The van der Waals surface area contributed by atoms with E-state index in [0.717, 1.165) is 28.0 Å². The first kappa shape index (κ1) is 28.5. The molecule has 220 valence electrons. The van der Waals surface area contributed by atoms with Crippen LogP contribution < -0.4 is 4.74 Å². The summed E-state index contributed by atoms with van der Waals surface area (Å²) in [6.07, 6.45) is 9.56. The van der Waals surface area contributed by atoms with Crippen molar-refractivity contribution in [3.05, 3.63) is 89.0 Å². The standard InChI is InChI=1S/C37H44N2O3/c1-36(2)24-41-34(38-36)32-21-18-30(22-33(32)35-39-37(3,4)25-42-35)29-16-19-31(20-17-29)40-23-26-12-14-28(15-13-26)27-10-8-6-5-7-9-11-27/h12-22,27H,5-11,23-25H2,1-4H3. The molecule has 0 amide bonds. The molecule has 0 radical (unpaired) electrons. The van der Waals surface area contributed by atoms with E-state index in [4.69, 9.17) is 24.2 Å². The van der Waals surface area contributed by atoms with Gasteiger partial charge in [-0.15, -0.1) is 0 Å². The predicted molar refractivity (Wildman–Crippen MR) is 171 cm³/mol. The van der Waals surface area contributed by atoms with Crippen molar-refractivity contribution in [3.63, 3.8) is 0 Å². The van der Waals surface area contributed by atoms with Crippen molar-refractivity contribution in [3.8, 4) is 16.9 Å². The van der Waals surface area contributed by atoms with Crippen molar-refractivity contribution >= 4 is 11.8 Å². The van der Waals surface area contributed by atoms with Gasteiger partial charge in [-0.3, -0.25) is 0 Å². The van der Waals surface area contributed by atoms with Crippen molar-refractivity contribution in [2.75, 3.05) is 13.2 Å². The summed E-state index contributed by atoms with van der Waals surface area (Å²) in [6, 6.07) is 23.8. The van der Waals surface area contributed by atoms with Gasteiger partial charge in [0, 0.05) is 11.1 Å². The maximum atomic E-state index is 6.17. The minimum atomic E-state index is -0.256. The zero-order chi connectivity index (χ0) is 29.2. The van der Waals surface area contributed by atoms with Crippen LogP contribution in [-0.2, 0) is 16.1 Å². The lowest BCUT2D eigenvalue weighted by Gasteiger charge is -2.20. The smallest absolute Gasteiger partial charge is 0.217 e. The first-order valence-electron chi connectivity index (χ1n) is 15.7. The van der Waals surface area contributed by atoms with E-state index in [1.54, 1.807) is 0 Å². The Morgan fingerprint density at radius 3 is 1.83 bits per heavy atom. The molecule has 0 aromatic heterocycles. The number of benzene rings is 3. The fourth-order valence-electron chi connectivity index (χ4n) is 6.12. The second-order valence-corrected chi connectivity index (χ2v) is 13.4. The Kier molecular flexibility index (Phi) is 8.11. The van der Waals surface area contributed by atoms with Crippen molar-refractivity contribution in [2.45, 2.75) is 96.2 Å². The van der Waals surface area contributed by atoms with E-state index in [1.165, 1.54) is 56.1 Å². The van der Waals surface area contributed by atoms with E-state index in [0.29, 0.717) is 37.5 Å². The van der Waals surface area contributed by atoms with Crippen LogP contribution in [0, 0.1) is 0 Å². The van der Waals surface area contributed by atoms with E-state index >= 15 is 0 Å². The van der Waals surface area contributed by atoms with Crippen LogP contribution >= 0.6 is 0 Å². The highest BCUT2D eigenvalue weighted by molar-refractivity contribution is 6.09. The molecule has 2 aliphatic heterocycles. The lowest BCUT2D eigenvalue weighted by Crippen LogP contribution is -2.17. The molecule has 3 aromatic carbocycles. The summed E-state index contributed by atoms with van der Waals surface area (Å²) >= 11 is 0. The Morgan fingerprint density at radius 1 is 0.667 bits per heavy atom. The maximum Gasteiger partial charge on any atom is 0.217 e. The Bertz CT molecular complexity index is 1440. The molecule has 0 unspecified atom stereocenters. The van der Waals surface area contributed by atoms with Crippen LogP contribution in [0.2, 0.25) is 0 Å². The van der Waals surface area contributed by atoms with Crippen LogP contribution in [0.3, 0.4) is 0 Å². The molecule has 6 rings (SSSR count). The summed E-state index contributed by atoms with van der Waals surface area (Å²) in [5, 5.41) is 0. The van der Waals surface area contributed by atoms with E-state index < -0.39 is 0 Å². The summed E-state index contributed by atoms with van der Waals surface area (Å²) in [5.74, 6) is 2.87. The molecule has 0 spiro atoms. The van der Waals surface area contributed by atoms with Crippen LogP contribution in [0.4, 0.5) is 0 Å². The third-order valence-electron chi connectivity index (χ3n) is 8.56. The molecule has 0 bridgehead atoms. The quantitative estimate of drug-likeness (QED) is 0.288. The van der Waals surface area contributed by atoms with E-state index in [9.17, 15) is 0 Å². The SMILES string of the molecule is CC1(C)COC(c2ccc(-c3ccc(OCc4ccc(C5CCCCCCC5)cc4)cc3)cc2C2=NC(C)(C)CO2)=N1. The number of aliphatic imine (C=N–C) groups is 2. The van der Waals surface area contributed by atoms with Crippen molar-refractivity contribution in [1.82, 2.24) is 0 Å². The van der Waals surface area contributed by atoms with Crippen LogP contribution in [0.15, 0.2) is 76.7 Å². The van der Waals surface area contributed by atoms with Crippen LogP contribution in [0.1, 0.15) is 101 Å². The molecule has 3 aliphatic rings. The number of hydrogen-bond donors (Lipinski definition) is 0. The molecule has 5 nitrogen and oxygen atoms in total. The zero-order valence-electron chi connectivity index (χ0n) is 25.6. The van der Waals surface area contributed by atoms with Gasteiger partial charge in [-0.2, -0.15) is 0 Å². The maximum absolute atomic E-state index is 6.17. The van der Waals surface area contributed by atoms with Gasteiger partial charge in [-0.25, -0.2) is 9.98 Å². The Labute approximate surface area is 251 Å². The summed E-state index contributed by atoms with van der Waals surface area (Å²) in [6.45, 7) is 10.0. The van der Waals surface area contributed by atoms with Crippen molar-refractivity contribution in [2.24, 2.45) is 9.98 Å². The Balaban J connectivity index is 1.15. The number of ether oxygens (including phenoxy) is 3. The highest BCUT2D eigenvalue weighted by Crippen LogP contribution is 2.33. The zero-order valence-corrected chi connectivity index (χ0v) is 25.6. The average molecular weight is 565 g/mol. The minimum absolute atomic E-state index is 0.241. The molecular formula is C37H44N2O3. The molecule has 42 heavy (non-hydrogen) atoms. The molecule has 1 aliphatic carbocycles. The van der Waals surface area contributed by atoms with Gasteiger partial charge in [-0.05, 0) is 93.0 Å². The third kappa shape index (κ3) is 6.72. The van der Waals surface area contributed by atoms with Gasteiger partial charge in [0.05, 0.1) is 11.1 Å². The monoisotopic (exact) mass is 564 g/mol. The molecular weight excluding hydrogens is 520 g/mol. The topological polar surface area (TPSA) is 52.4 Å². The molecule has 2 heterocycles. The number of rotatable bonds is 7. The first-order chi connectivity index (χ1) is 20.2. The molecule has 1 fully saturated rings. The molecule has 0 saturated heterocycles. The molecule has 5 heteroatoms.